The molecule has 0 saturated carbocycles. The van der Waals surface area contributed by atoms with Crippen LogP contribution in [-0.2, 0) is 0 Å². The van der Waals surface area contributed by atoms with Crippen molar-refractivity contribution in [2.75, 3.05) is 40.0 Å². The summed E-state index contributed by atoms with van der Waals surface area (Å²) in [6, 6.07) is 62.2. The fraction of sp³-hybridized carbons (Fsp3) is 0.0625. The number of pyridine rings is 1. The monoisotopic (exact) mass is 699 g/mol. The zero-order valence-electron chi connectivity index (χ0n) is 29.9. The van der Waals surface area contributed by atoms with Crippen LogP contribution in [0, 0.1) is 0 Å². The molecule has 1 aromatic heterocycles. The summed E-state index contributed by atoms with van der Waals surface area (Å²) in [4.78, 5) is 13.9. The minimum Gasteiger partial charge on any atom is -0.457 e. The van der Waals surface area contributed by atoms with Crippen molar-refractivity contribution < 1.29 is 4.74 Å². The van der Waals surface area contributed by atoms with E-state index in [4.69, 9.17) is 4.74 Å². The molecule has 0 N–H and O–H groups in total. The molecule has 0 spiro atoms. The standard InChI is InChI=1S/C48H37N5O/c1-50-32-51(45-26-13-29-49-48(45)50)37-19-10-21-39(30-37)54-40-22-11-20-38(31-40)52-33-53(47-43-23-9-8-18-36(43)27-28-44(47)52)46-41(34-14-4-2-5-15-34)24-12-25-42(46)35-16-6-3-7-17-35/h2-31H,32-33H2,1H3. The summed E-state index contributed by atoms with van der Waals surface area (Å²) in [5.74, 6) is 2.54. The first-order chi connectivity index (χ1) is 26.7. The number of nitrogens with zero attached hydrogens (tertiary/aromatic N) is 5. The maximum atomic E-state index is 6.62. The minimum atomic E-state index is 0.627. The predicted molar refractivity (Wildman–Crippen MR) is 223 cm³/mol. The molecule has 0 unspecified atom stereocenters. The fourth-order valence-electron chi connectivity index (χ4n) is 8.01. The Balaban J connectivity index is 1.06. The van der Waals surface area contributed by atoms with Crippen molar-refractivity contribution in [2.45, 2.75) is 0 Å². The highest BCUT2D eigenvalue weighted by atomic mass is 16.5. The number of hydrogen-bond donors (Lipinski definition) is 0. The van der Waals surface area contributed by atoms with Crippen molar-refractivity contribution in [3.63, 3.8) is 0 Å². The Morgan fingerprint density at radius 1 is 0.481 bits per heavy atom. The molecule has 0 saturated heterocycles. The van der Waals surface area contributed by atoms with E-state index in [0.717, 1.165) is 46.7 Å². The Morgan fingerprint density at radius 2 is 1.09 bits per heavy atom. The summed E-state index contributed by atoms with van der Waals surface area (Å²) in [6.07, 6.45) is 1.84. The van der Waals surface area contributed by atoms with Crippen molar-refractivity contribution in [1.29, 1.82) is 0 Å². The van der Waals surface area contributed by atoms with Gasteiger partial charge in [-0.2, -0.15) is 0 Å². The van der Waals surface area contributed by atoms with Crippen LogP contribution in [0.3, 0.4) is 0 Å². The average molecular weight is 700 g/mol. The molecule has 7 aromatic carbocycles. The van der Waals surface area contributed by atoms with Crippen molar-refractivity contribution >= 4 is 50.7 Å². The number of hydrogen-bond acceptors (Lipinski definition) is 6. The molecule has 0 atom stereocenters. The molecule has 6 heteroatoms. The first-order valence-corrected chi connectivity index (χ1v) is 18.3. The number of rotatable bonds is 7. The van der Waals surface area contributed by atoms with Gasteiger partial charge in [0.2, 0.25) is 0 Å². The van der Waals surface area contributed by atoms with Crippen LogP contribution in [0.4, 0.5) is 39.9 Å². The van der Waals surface area contributed by atoms with Gasteiger partial charge in [0.1, 0.15) is 18.2 Å². The molecule has 2 aliphatic heterocycles. The van der Waals surface area contributed by atoms with Crippen LogP contribution < -0.4 is 24.3 Å². The van der Waals surface area contributed by atoms with E-state index in [1.54, 1.807) is 0 Å². The molecular weight excluding hydrogens is 663 g/mol. The van der Waals surface area contributed by atoms with Crippen molar-refractivity contribution in [1.82, 2.24) is 4.98 Å². The third-order valence-corrected chi connectivity index (χ3v) is 10.5. The molecule has 6 nitrogen and oxygen atoms in total. The molecule has 0 bridgehead atoms. The Kier molecular flexibility index (Phi) is 7.73. The number of fused-ring (bicyclic) bond motifs is 4. The zero-order chi connectivity index (χ0) is 36.0. The Bertz CT molecular complexity index is 2590. The molecule has 0 radical (unpaired) electrons. The van der Waals surface area contributed by atoms with Gasteiger partial charge >= 0.3 is 0 Å². The van der Waals surface area contributed by atoms with Crippen LogP contribution in [0.15, 0.2) is 182 Å². The molecule has 260 valence electrons. The van der Waals surface area contributed by atoms with Crippen molar-refractivity contribution in [3.8, 4) is 33.8 Å². The van der Waals surface area contributed by atoms with Crippen LogP contribution in [0.25, 0.3) is 33.0 Å². The Hall–Kier alpha value is -7.05. The summed E-state index contributed by atoms with van der Waals surface area (Å²) in [5.41, 5.74) is 11.5. The maximum Gasteiger partial charge on any atom is 0.153 e. The Morgan fingerprint density at radius 3 is 1.78 bits per heavy atom. The van der Waals surface area contributed by atoms with Gasteiger partial charge in [-0.1, -0.05) is 121 Å². The lowest BCUT2D eigenvalue weighted by Crippen LogP contribution is -2.25. The number of para-hydroxylation sites is 1. The average Bonchev–Trinajstić information content (AvgIpc) is 3.80. The van der Waals surface area contributed by atoms with E-state index < -0.39 is 0 Å². The fourth-order valence-corrected chi connectivity index (χ4v) is 8.01. The third kappa shape index (κ3) is 5.47. The second kappa shape index (κ2) is 13.2. The lowest BCUT2D eigenvalue weighted by Gasteiger charge is -2.27. The van der Waals surface area contributed by atoms with Crippen LogP contribution in [0.5, 0.6) is 11.5 Å². The van der Waals surface area contributed by atoms with Crippen molar-refractivity contribution in [3.05, 3.63) is 182 Å². The number of aromatic nitrogens is 1. The molecule has 2 aliphatic rings. The third-order valence-electron chi connectivity index (χ3n) is 10.5. The summed E-state index contributed by atoms with van der Waals surface area (Å²) >= 11 is 0. The van der Waals surface area contributed by atoms with Gasteiger partial charge in [-0.3, -0.25) is 0 Å². The molecule has 3 heterocycles. The molecule has 10 rings (SSSR count). The first-order valence-electron chi connectivity index (χ1n) is 18.3. The molecular formula is C48H37N5O. The predicted octanol–water partition coefficient (Wildman–Crippen LogP) is 12.2. The Labute approximate surface area is 315 Å². The van der Waals surface area contributed by atoms with E-state index >= 15 is 0 Å². The summed E-state index contributed by atoms with van der Waals surface area (Å²) in [7, 11) is 2.07. The van der Waals surface area contributed by atoms with Crippen molar-refractivity contribution in [2.24, 2.45) is 0 Å². The highest BCUT2D eigenvalue weighted by molar-refractivity contribution is 6.09. The molecule has 0 amide bonds. The van der Waals surface area contributed by atoms with Crippen LogP contribution in [0.1, 0.15) is 0 Å². The number of anilines is 7. The number of benzene rings is 7. The van der Waals surface area contributed by atoms with Gasteiger partial charge in [0.25, 0.3) is 0 Å². The molecule has 0 aliphatic carbocycles. The maximum absolute atomic E-state index is 6.62. The van der Waals surface area contributed by atoms with E-state index in [2.05, 4.69) is 189 Å². The summed E-state index contributed by atoms with van der Waals surface area (Å²) < 4.78 is 6.62. The van der Waals surface area contributed by atoms with E-state index in [1.807, 2.05) is 24.4 Å². The van der Waals surface area contributed by atoms with Gasteiger partial charge in [0, 0.05) is 53.3 Å². The number of ether oxygens (including phenoxy) is 1. The lowest BCUT2D eigenvalue weighted by molar-refractivity contribution is 0.483. The largest absolute Gasteiger partial charge is 0.457 e. The smallest absolute Gasteiger partial charge is 0.153 e. The van der Waals surface area contributed by atoms with Gasteiger partial charge in [-0.15, -0.1) is 0 Å². The summed E-state index contributed by atoms with van der Waals surface area (Å²) in [5, 5.41) is 2.43. The van der Waals surface area contributed by atoms with Gasteiger partial charge < -0.3 is 24.3 Å². The van der Waals surface area contributed by atoms with Crippen LogP contribution in [-0.4, -0.2) is 25.4 Å². The van der Waals surface area contributed by atoms with Gasteiger partial charge in [-0.05, 0) is 59.0 Å². The van der Waals surface area contributed by atoms with Gasteiger partial charge in [0.15, 0.2) is 5.82 Å². The van der Waals surface area contributed by atoms with E-state index in [0.29, 0.717) is 6.67 Å². The zero-order valence-corrected chi connectivity index (χ0v) is 29.9. The van der Waals surface area contributed by atoms with Gasteiger partial charge in [0.05, 0.1) is 29.4 Å². The molecule has 8 aromatic rings. The van der Waals surface area contributed by atoms with Crippen LogP contribution >= 0.6 is 0 Å². The van der Waals surface area contributed by atoms with Gasteiger partial charge in [-0.25, -0.2) is 4.98 Å². The topological polar surface area (TPSA) is 35.1 Å². The normalized spacial score (nSPS) is 13.4. The minimum absolute atomic E-state index is 0.627. The van der Waals surface area contributed by atoms with E-state index in [1.165, 1.54) is 44.4 Å². The van der Waals surface area contributed by atoms with Crippen LogP contribution in [0.2, 0.25) is 0 Å². The highest BCUT2D eigenvalue weighted by Gasteiger charge is 2.33. The SMILES string of the molecule is CN1CN(c2cccc(Oc3cccc(N4CN(c5c(-c6ccccc6)cccc5-c5ccccc5)c5c4ccc4ccccc54)c3)c2)c2cccnc21. The summed E-state index contributed by atoms with van der Waals surface area (Å²) in [6.45, 7) is 1.35. The van der Waals surface area contributed by atoms with E-state index in [-0.39, 0.29) is 0 Å². The second-order valence-corrected chi connectivity index (χ2v) is 13.8. The molecule has 54 heavy (non-hydrogen) atoms. The highest BCUT2D eigenvalue weighted by Crippen LogP contribution is 2.53. The van der Waals surface area contributed by atoms with E-state index in [9.17, 15) is 0 Å². The lowest BCUT2D eigenvalue weighted by atomic mass is 9.94. The quantitative estimate of drug-likeness (QED) is 0.165. The second-order valence-electron chi connectivity index (χ2n) is 13.8. The first kappa shape index (κ1) is 31.7. The molecule has 0 fully saturated rings.